The van der Waals surface area contributed by atoms with Gasteiger partial charge in [0.1, 0.15) is 4.99 Å². The van der Waals surface area contributed by atoms with Crippen LogP contribution in [-0.2, 0) is 4.74 Å². The highest BCUT2D eigenvalue weighted by atomic mass is 79.9. The molecule has 0 aliphatic carbocycles. The molecule has 2 N–H and O–H groups in total. The van der Waals surface area contributed by atoms with Crippen molar-refractivity contribution in [1.29, 1.82) is 0 Å². The lowest BCUT2D eigenvalue weighted by Crippen LogP contribution is -2.31. The quantitative estimate of drug-likeness (QED) is 0.837. The molecule has 0 radical (unpaired) electrons. The summed E-state index contributed by atoms with van der Waals surface area (Å²) < 4.78 is 20.2. The van der Waals surface area contributed by atoms with Crippen LogP contribution in [0.15, 0.2) is 16.6 Å². The molecular weight excluding hydrogens is 343 g/mol. The van der Waals surface area contributed by atoms with E-state index in [1.165, 1.54) is 0 Å². The fourth-order valence-corrected chi connectivity index (χ4v) is 3.31. The van der Waals surface area contributed by atoms with Crippen LogP contribution in [-0.4, -0.2) is 31.8 Å². The third-order valence-electron chi connectivity index (χ3n) is 3.53. The molecule has 1 unspecified atom stereocenters. The summed E-state index contributed by atoms with van der Waals surface area (Å²) in [7, 11) is 1.89. The van der Waals surface area contributed by atoms with Gasteiger partial charge in [0.2, 0.25) is 0 Å². The van der Waals surface area contributed by atoms with Gasteiger partial charge >= 0.3 is 0 Å². The molecule has 6 heteroatoms. The van der Waals surface area contributed by atoms with E-state index < -0.39 is 0 Å². The van der Waals surface area contributed by atoms with Crippen molar-refractivity contribution in [3.8, 4) is 0 Å². The smallest absolute Gasteiger partial charge is 0.161 e. The van der Waals surface area contributed by atoms with Crippen molar-refractivity contribution in [2.24, 2.45) is 11.7 Å². The molecule has 0 aromatic heterocycles. The number of halogens is 2. The van der Waals surface area contributed by atoms with E-state index in [0.29, 0.717) is 21.6 Å². The number of ether oxygens (including phenoxy) is 1. The predicted molar refractivity (Wildman–Crippen MR) is 86.8 cm³/mol. The zero-order valence-electron chi connectivity index (χ0n) is 11.4. The van der Waals surface area contributed by atoms with Crippen LogP contribution in [0.1, 0.15) is 18.4 Å². The summed E-state index contributed by atoms with van der Waals surface area (Å²) in [6.45, 7) is 2.36. The van der Waals surface area contributed by atoms with Gasteiger partial charge in [-0.1, -0.05) is 12.2 Å². The molecule has 0 amide bonds. The lowest BCUT2D eigenvalue weighted by molar-refractivity contribution is 0.0576. The summed E-state index contributed by atoms with van der Waals surface area (Å²) in [5.41, 5.74) is 6.63. The van der Waals surface area contributed by atoms with Crippen LogP contribution in [0.3, 0.4) is 0 Å². The first-order chi connectivity index (χ1) is 9.50. The van der Waals surface area contributed by atoms with Crippen LogP contribution in [0.2, 0.25) is 0 Å². The first-order valence-electron chi connectivity index (χ1n) is 6.57. The Kier molecular flexibility index (Phi) is 5.35. The van der Waals surface area contributed by atoms with Crippen molar-refractivity contribution < 1.29 is 9.13 Å². The van der Waals surface area contributed by atoms with Gasteiger partial charge < -0.3 is 15.4 Å². The number of nitrogens with two attached hydrogens (primary N) is 1. The Morgan fingerprint density at radius 2 is 2.35 bits per heavy atom. The normalized spacial score (nSPS) is 18.9. The molecule has 110 valence electrons. The molecule has 1 aliphatic heterocycles. The van der Waals surface area contributed by atoms with Crippen LogP contribution in [0.25, 0.3) is 0 Å². The monoisotopic (exact) mass is 360 g/mol. The fourth-order valence-electron chi connectivity index (χ4n) is 2.46. The minimum Gasteiger partial charge on any atom is -0.389 e. The van der Waals surface area contributed by atoms with Gasteiger partial charge in [-0.3, -0.25) is 0 Å². The van der Waals surface area contributed by atoms with Crippen molar-refractivity contribution in [2.45, 2.75) is 12.8 Å². The maximum atomic E-state index is 14.4. The van der Waals surface area contributed by atoms with Gasteiger partial charge in [-0.2, -0.15) is 0 Å². The van der Waals surface area contributed by atoms with Gasteiger partial charge in [0.05, 0.1) is 16.8 Å². The van der Waals surface area contributed by atoms with Crippen molar-refractivity contribution >= 4 is 38.8 Å². The topological polar surface area (TPSA) is 38.5 Å². The Hall–Kier alpha value is -0.720. The van der Waals surface area contributed by atoms with Gasteiger partial charge in [-0.05, 0) is 46.8 Å². The van der Waals surface area contributed by atoms with Crippen LogP contribution in [0, 0.1) is 11.7 Å². The molecule has 0 saturated carbocycles. The highest BCUT2D eigenvalue weighted by Gasteiger charge is 2.20. The number of rotatable bonds is 4. The second-order valence-electron chi connectivity index (χ2n) is 5.09. The van der Waals surface area contributed by atoms with Crippen molar-refractivity contribution in [3.05, 3.63) is 28.0 Å². The average molecular weight is 361 g/mol. The van der Waals surface area contributed by atoms with E-state index in [2.05, 4.69) is 15.9 Å². The number of hydrogen-bond acceptors (Lipinski definition) is 3. The summed E-state index contributed by atoms with van der Waals surface area (Å²) in [5, 5.41) is 0. The molecule has 1 saturated heterocycles. The molecule has 1 fully saturated rings. The highest BCUT2D eigenvalue weighted by Crippen LogP contribution is 2.30. The molecule has 1 aliphatic rings. The SMILES string of the molecule is CN(CC1CCCOC1)c1ccc(C(N)=S)c(Br)c1F. The number of benzene rings is 1. The van der Waals surface area contributed by atoms with E-state index in [0.717, 1.165) is 32.6 Å². The molecule has 1 atom stereocenters. The molecule has 0 spiro atoms. The first-order valence-corrected chi connectivity index (χ1v) is 7.77. The van der Waals surface area contributed by atoms with Gasteiger partial charge in [0.15, 0.2) is 5.82 Å². The van der Waals surface area contributed by atoms with E-state index in [4.69, 9.17) is 22.7 Å². The maximum absolute atomic E-state index is 14.4. The third-order valence-corrected chi connectivity index (χ3v) is 4.52. The summed E-state index contributed by atoms with van der Waals surface area (Å²) in [6, 6.07) is 3.47. The zero-order valence-corrected chi connectivity index (χ0v) is 13.8. The van der Waals surface area contributed by atoms with Crippen LogP contribution in [0.4, 0.5) is 10.1 Å². The molecule has 1 aromatic rings. The van der Waals surface area contributed by atoms with Gasteiger partial charge in [-0.25, -0.2) is 4.39 Å². The largest absolute Gasteiger partial charge is 0.389 e. The fraction of sp³-hybridized carbons (Fsp3) is 0.500. The number of anilines is 1. The Balaban J connectivity index is 2.15. The number of hydrogen-bond donors (Lipinski definition) is 1. The Morgan fingerprint density at radius 1 is 1.60 bits per heavy atom. The zero-order chi connectivity index (χ0) is 14.7. The minimum absolute atomic E-state index is 0.186. The van der Waals surface area contributed by atoms with E-state index in [9.17, 15) is 4.39 Å². The highest BCUT2D eigenvalue weighted by molar-refractivity contribution is 9.10. The maximum Gasteiger partial charge on any atom is 0.161 e. The molecule has 20 heavy (non-hydrogen) atoms. The van der Waals surface area contributed by atoms with Crippen molar-refractivity contribution in [3.63, 3.8) is 0 Å². The molecule has 0 bridgehead atoms. The lowest BCUT2D eigenvalue weighted by atomic mass is 10.0. The molecular formula is C14H18BrFN2OS. The second-order valence-corrected chi connectivity index (χ2v) is 6.32. The minimum atomic E-state index is -0.325. The van der Waals surface area contributed by atoms with E-state index in [-0.39, 0.29) is 10.8 Å². The standard InChI is InChI=1S/C14H18BrFN2OS/c1-18(7-9-3-2-6-19-8-9)11-5-4-10(14(17)20)12(15)13(11)16/h4-5,9H,2-3,6-8H2,1H3,(H2,17,20). The molecule has 2 rings (SSSR count). The van der Waals surface area contributed by atoms with Gasteiger partial charge in [-0.15, -0.1) is 0 Å². The van der Waals surface area contributed by atoms with Gasteiger partial charge in [0, 0.05) is 25.8 Å². The summed E-state index contributed by atoms with van der Waals surface area (Å²) in [4.78, 5) is 2.11. The van der Waals surface area contributed by atoms with Crippen molar-refractivity contribution in [2.75, 3.05) is 31.7 Å². The predicted octanol–water partition coefficient (Wildman–Crippen LogP) is 3.09. The Morgan fingerprint density at radius 3 is 2.95 bits per heavy atom. The number of nitrogens with zero attached hydrogens (tertiary/aromatic N) is 1. The molecule has 1 aromatic carbocycles. The molecule has 1 heterocycles. The lowest BCUT2D eigenvalue weighted by Gasteiger charge is -2.29. The number of thiocarbonyl (C=S) groups is 1. The Labute approximate surface area is 132 Å². The second kappa shape index (κ2) is 6.83. The Bertz CT molecular complexity index is 506. The van der Waals surface area contributed by atoms with Crippen LogP contribution < -0.4 is 10.6 Å². The van der Waals surface area contributed by atoms with E-state index in [1.807, 2.05) is 11.9 Å². The summed E-state index contributed by atoms with van der Waals surface area (Å²) in [5.74, 6) is 0.122. The van der Waals surface area contributed by atoms with Crippen molar-refractivity contribution in [1.82, 2.24) is 0 Å². The average Bonchev–Trinajstić information content (AvgIpc) is 2.42. The van der Waals surface area contributed by atoms with Crippen LogP contribution >= 0.6 is 28.1 Å². The first kappa shape index (κ1) is 15.7. The summed E-state index contributed by atoms with van der Waals surface area (Å²) >= 11 is 8.13. The van der Waals surface area contributed by atoms with E-state index >= 15 is 0 Å². The van der Waals surface area contributed by atoms with Gasteiger partial charge in [0.25, 0.3) is 0 Å². The third kappa shape index (κ3) is 3.48. The molecule has 3 nitrogen and oxygen atoms in total. The van der Waals surface area contributed by atoms with E-state index in [1.54, 1.807) is 12.1 Å². The summed E-state index contributed by atoms with van der Waals surface area (Å²) in [6.07, 6.45) is 2.20. The van der Waals surface area contributed by atoms with Crippen LogP contribution in [0.5, 0.6) is 0 Å².